The van der Waals surface area contributed by atoms with E-state index in [9.17, 15) is 9.59 Å². The topological polar surface area (TPSA) is 81.0 Å². The summed E-state index contributed by atoms with van der Waals surface area (Å²) in [4.78, 5) is 23.4. The third-order valence-electron chi connectivity index (χ3n) is 6.86. The van der Waals surface area contributed by atoms with Crippen LogP contribution in [0.2, 0.25) is 0 Å². The number of hydrogen-bond acceptors (Lipinski definition) is 6. The molecular weight excluding hydrogens is 312 g/mol. The van der Waals surface area contributed by atoms with Crippen LogP contribution in [-0.4, -0.2) is 47.1 Å². The van der Waals surface area contributed by atoms with Crippen molar-refractivity contribution in [1.82, 2.24) is 0 Å². The van der Waals surface area contributed by atoms with E-state index < -0.39 is 5.97 Å². The molecule has 0 radical (unpaired) electrons. The first-order chi connectivity index (χ1) is 11.2. The third-order valence-corrected chi connectivity index (χ3v) is 6.86. The maximum Gasteiger partial charge on any atom is 0.320 e. The molecule has 24 heavy (non-hydrogen) atoms. The second-order valence-corrected chi connectivity index (χ2v) is 8.89. The number of hydrogen-bond donors (Lipinski definition) is 0. The van der Waals surface area contributed by atoms with Gasteiger partial charge in [0.15, 0.2) is 0 Å². The summed E-state index contributed by atoms with van der Waals surface area (Å²) in [5.41, 5.74) is -0.289. The average molecular weight is 336 g/mol. The van der Waals surface area contributed by atoms with Crippen molar-refractivity contribution in [3.8, 4) is 0 Å². The summed E-state index contributed by atoms with van der Waals surface area (Å²) in [5.74, 6) is -1.40. The fraction of sp³-hybridized carbons (Fsp3) is 0.889. The van der Waals surface area contributed by atoms with Crippen LogP contribution < -0.4 is 0 Å². The van der Waals surface area contributed by atoms with Crippen molar-refractivity contribution < 1.29 is 28.5 Å². The molecule has 1 saturated carbocycles. The highest BCUT2D eigenvalue weighted by Crippen LogP contribution is 2.61. The highest BCUT2D eigenvalue weighted by atomic mass is 16.6. The van der Waals surface area contributed by atoms with Gasteiger partial charge in [-0.05, 0) is 52.9 Å². The summed E-state index contributed by atoms with van der Waals surface area (Å²) in [5, 5.41) is 0. The van der Waals surface area contributed by atoms with Crippen molar-refractivity contribution in [2.24, 2.45) is 11.8 Å². The fourth-order valence-electron chi connectivity index (χ4n) is 4.97. The molecule has 1 aliphatic carbocycles. The Bertz CT molecular complexity index is 629. The SMILES string of the molecule is CC1(C)OC1CCC1(C)OC1CCC12CC3C(=O)OC(=O)C3C1O2. The number of carbonyl (C=O) groups excluding carboxylic acids is 2. The van der Waals surface area contributed by atoms with Crippen molar-refractivity contribution in [1.29, 1.82) is 0 Å². The smallest absolute Gasteiger partial charge is 0.320 e. The van der Waals surface area contributed by atoms with Gasteiger partial charge in [-0.25, -0.2) is 0 Å². The standard InChI is InChI=1S/C18H24O6/c1-16(2)10(22-16)4-6-17(3)11(23-17)5-7-18-8-9-12(13(18)24-18)15(20)21-14(9)19/h9-13H,4-8H2,1-3H3. The van der Waals surface area contributed by atoms with Gasteiger partial charge in [0.2, 0.25) is 0 Å². The Hall–Kier alpha value is -0.980. The predicted molar refractivity (Wildman–Crippen MR) is 81.0 cm³/mol. The average Bonchev–Trinajstić information content (AvgIpc) is 3.42. The molecule has 0 amide bonds. The summed E-state index contributed by atoms with van der Waals surface area (Å²) >= 11 is 0. The van der Waals surface area contributed by atoms with Crippen molar-refractivity contribution in [3.05, 3.63) is 0 Å². The van der Waals surface area contributed by atoms with E-state index in [2.05, 4.69) is 20.8 Å². The minimum absolute atomic E-state index is 0.0392. The Balaban J connectivity index is 1.12. The second kappa shape index (κ2) is 4.40. The molecule has 4 aliphatic heterocycles. The van der Waals surface area contributed by atoms with E-state index in [1.165, 1.54) is 0 Å². The van der Waals surface area contributed by atoms with Gasteiger partial charge >= 0.3 is 11.9 Å². The highest BCUT2D eigenvalue weighted by molar-refractivity contribution is 5.98. The van der Waals surface area contributed by atoms with Gasteiger partial charge in [-0.1, -0.05) is 0 Å². The van der Waals surface area contributed by atoms with E-state index in [1.54, 1.807) is 0 Å². The van der Waals surface area contributed by atoms with Crippen LogP contribution >= 0.6 is 0 Å². The lowest BCUT2D eigenvalue weighted by Crippen LogP contribution is -2.19. The Labute approximate surface area is 141 Å². The summed E-state index contributed by atoms with van der Waals surface area (Å²) < 4.78 is 22.1. The first-order valence-corrected chi connectivity index (χ1v) is 9.03. The zero-order valence-corrected chi connectivity index (χ0v) is 14.4. The lowest BCUT2D eigenvalue weighted by atomic mass is 9.91. The number of fused-ring (bicyclic) bond motifs is 3. The lowest BCUT2D eigenvalue weighted by molar-refractivity contribution is -0.154. The van der Waals surface area contributed by atoms with Gasteiger partial charge in [-0.15, -0.1) is 0 Å². The maximum atomic E-state index is 11.7. The molecule has 5 fully saturated rings. The van der Waals surface area contributed by atoms with Crippen LogP contribution in [-0.2, 0) is 28.5 Å². The normalized spacial score (nSPS) is 52.7. The summed E-state index contributed by atoms with van der Waals surface area (Å²) in [6.45, 7) is 6.41. The Morgan fingerprint density at radius 1 is 0.958 bits per heavy atom. The lowest BCUT2D eigenvalue weighted by Gasteiger charge is -2.11. The monoisotopic (exact) mass is 336 g/mol. The molecule has 7 unspecified atom stereocenters. The highest BCUT2D eigenvalue weighted by Gasteiger charge is 2.74. The molecule has 4 saturated heterocycles. The molecule has 0 aromatic carbocycles. The Morgan fingerprint density at radius 3 is 2.33 bits per heavy atom. The van der Waals surface area contributed by atoms with Crippen LogP contribution in [0, 0.1) is 11.8 Å². The van der Waals surface area contributed by atoms with E-state index in [0.717, 1.165) is 25.7 Å². The Kier molecular flexibility index (Phi) is 2.80. The molecule has 0 aromatic heterocycles. The van der Waals surface area contributed by atoms with Crippen molar-refractivity contribution >= 4 is 11.9 Å². The molecule has 5 rings (SSSR count). The van der Waals surface area contributed by atoms with Gasteiger partial charge in [0.25, 0.3) is 0 Å². The van der Waals surface area contributed by atoms with Crippen LogP contribution in [0.1, 0.15) is 52.9 Å². The van der Waals surface area contributed by atoms with Gasteiger partial charge in [-0.3, -0.25) is 9.59 Å². The third kappa shape index (κ3) is 2.12. The van der Waals surface area contributed by atoms with E-state index in [-0.39, 0.29) is 46.8 Å². The number of epoxide rings is 3. The minimum Gasteiger partial charge on any atom is -0.393 e. The number of cyclic esters (lactones) is 2. The van der Waals surface area contributed by atoms with E-state index in [0.29, 0.717) is 12.5 Å². The zero-order valence-electron chi connectivity index (χ0n) is 14.4. The van der Waals surface area contributed by atoms with Crippen LogP contribution in [0.5, 0.6) is 0 Å². The first-order valence-electron chi connectivity index (χ1n) is 9.03. The minimum atomic E-state index is -0.395. The summed E-state index contributed by atoms with van der Waals surface area (Å²) in [6.07, 6.45) is 4.95. The molecule has 6 heteroatoms. The van der Waals surface area contributed by atoms with Crippen LogP contribution in [0.15, 0.2) is 0 Å². The molecule has 7 atom stereocenters. The van der Waals surface area contributed by atoms with Crippen LogP contribution in [0.4, 0.5) is 0 Å². The molecule has 0 spiro atoms. The van der Waals surface area contributed by atoms with Gasteiger partial charge in [0, 0.05) is 0 Å². The molecule has 0 N–H and O–H groups in total. The molecular formula is C18H24O6. The fourth-order valence-corrected chi connectivity index (χ4v) is 4.97. The summed E-state index contributed by atoms with van der Waals surface area (Å²) in [6, 6.07) is 0. The molecule has 4 heterocycles. The van der Waals surface area contributed by atoms with Gasteiger partial charge in [0.1, 0.15) is 6.10 Å². The van der Waals surface area contributed by atoms with Gasteiger partial charge < -0.3 is 18.9 Å². The largest absolute Gasteiger partial charge is 0.393 e. The van der Waals surface area contributed by atoms with E-state index in [4.69, 9.17) is 18.9 Å². The number of rotatable bonds is 6. The van der Waals surface area contributed by atoms with E-state index >= 15 is 0 Å². The van der Waals surface area contributed by atoms with Gasteiger partial charge in [0.05, 0.1) is 40.8 Å². The summed E-state index contributed by atoms with van der Waals surface area (Å²) in [7, 11) is 0. The van der Waals surface area contributed by atoms with Crippen molar-refractivity contribution in [2.75, 3.05) is 0 Å². The maximum absolute atomic E-state index is 11.7. The van der Waals surface area contributed by atoms with E-state index in [1.807, 2.05) is 0 Å². The molecule has 0 bridgehead atoms. The first kappa shape index (κ1) is 15.3. The molecule has 0 aromatic rings. The molecule has 6 nitrogen and oxygen atoms in total. The van der Waals surface area contributed by atoms with Crippen molar-refractivity contribution in [3.63, 3.8) is 0 Å². The van der Waals surface area contributed by atoms with Crippen LogP contribution in [0.25, 0.3) is 0 Å². The second-order valence-electron chi connectivity index (χ2n) is 8.89. The number of ether oxygens (including phenoxy) is 4. The van der Waals surface area contributed by atoms with Crippen LogP contribution in [0.3, 0.4) is 0 Å². The van der Waals surface area contributed by atoms with Crippen molar-refractivity contribution in [2.45, 2.75) is 88.0 Å². The zero-order chi connectivity index (χ0) is 16.9. The predicted octanol–water partition coefficient (Wildman–Crippen LogP) is 1.74. The van der Waals surface area contributed by atoms with Gasteiger partial charge in [-0.2, -0.15) is 0 Å². The molecule has 5 aliphatic rings. The number of esters is 2. The number of carbonyl (C=O) groups is 2. The molecule has 132 valence electrons. The Morgan fingerprint density at radius 2 is 1.67 bits per heavy atom. The quantitative estimate of drug-likeness (QED) is 0.417.